The molecule has 6 heteroatoms. The van der Waals surface area contributed by atoms with Crippen LogP contribution in [0.3, 0.4) is 0 Å². The van der Waals surface area contributed by atoms with E-state index in [1.165, 1.54) is 0 Å². The number of oxime groups is 1. The van der Waals surface area contributed by atoms with Crippen LogP contribution in [-0.2, 0) is 14.4 Å². The zero-order valence-corrected chi connectivity index (χ0v) is 15.8. The minimum absolute atomic E-state index is 0.0906. The molecule has 0 aromatic heterocycles. The predicted octanol–water partition coefficient (Wildman–Crippen LogP) is 2.99. The van der Waals surface area contributed by atoms with Crippen molar-refractivity contribution in [1.82, 2.24) is 0 Å². The van der Waals surface area contributed by atoms with E-state index in [2.05, 4.69) is 5.16 Å². The Morgan fingerprint density at radius 2 is 1.75 bits per heavy atom. The first kappa shape index (κ1) is 18.2. The van der Waals surface area contributed by atoms with E-state index in [4.69, 9.17) is 15.3 Å². The number of Topliss-reactive ketones (excluding diaryl/α,β-unsaturated/α-hetero) is 1. The number of methoxy groups -OCH3 is 1. The van der Waals surface area contributed by atoms with Crippen LogP contribution in [0, 0.1) is 11.3 Å². The molecule has 1 heterocycles. The number of hydrogen-bond acceptors (Lipinski definition) is 6. The predicted molar refractivity (Wildman–Crippen MR) is 104 cm³/mol. The molecule has 2 aliphatic rings. The Bertz CT molecular complexity index is 939. The van der Waals surface area contributed by atoms with E-state index in [-0.39, 0.29) is 18.0 Å². The Kier molecular flexibility index (Phi) is 4.41. The molecule has 6 nitrogen and oxygen atoms in total. The second kappa shape index (κ2) is 6.78. The summed E-state index contributed by atoms with van der Waals surface area (Å²) in [4.78, 5) is 31.2. The van der Waals surface area contributed by atoms with E-state index in [0.717, 1.165) is 11.1 Å². The molecule has 144 valence electrons. The summed E-state index contributed by atoms with van der Waals surface area (Å²) in [7, 11) is 1.59. The van der Waals surface area contributed by atoms with E-state index < -0.39 is 29.1 Å². The van der Waals surface area contributed by atoms with Crippen molar-refractivity contribution in [2.24, 2.45) is 22.2 Å². The van der Waals surface area contributed by atoms with Crippen molar-refractivity contribution in [1.29, 1.82) is 0 Å². The second-order valence-electron chi connectivity index (χ2n) is 7.40. The number of amidine groups is 1. The fourth-order valence-corrected chi connectivity index (χ4v) is 4.73. The fourth-order valence-electron chi connectivity index (χ4n) is 4.73. The maximum absolute atomic E-state index is 13.2. The minimum Gasteiger partial charge on any atom is -0.497 e. The SMILES string of the molecule is COc1ccc([C@H]2CC(=O)[C@H](C)[C@@H](c3ccccc3)C23C(=O)ON=C3N)cc1. The highest BCUT2D eigenvalue weighted by atomic mass is 16.7. The Hall–Kier alpha value is -3.15. The van der Waals surface area contributed by atoms with Gasteiger partial charge in [0.25, 0.3) is 0 Å². The molecule has 0 amide bonds. The largest absolute Gasteiger partial charge is 0.497 e. The number of carbonyl (C=O) groups is 2. The van der Waals surface area contributed by atoms with Crippen molar-refractivity contribution >= 4 is 17.6 Å². The van der Waals surface area contributed by atoms with Crippen LogP contribution in [0.1, 0.15) is 36.3 Å². The molecule has 0 bridgehead atoms. The highest BCUT2D eigenvalue weighted by Crippen LogP contribution is 2.58. The highest BCUT2D eigenvalue weighted by Gasteiger charge is 2.65. The molecule has 1 unspecified atom stereocenters. The Morgan fingerprint density at radius 1 is 1.07 bits per heavy atom. The van der Waals surface area contributed by atoms with E-state index in [0.29, 0.717) is 5.75 Å². The average Bonchev–Trinajstić information content (AvgIpc) is 3.01. The van der Waals surface area contributed by atoms with E-state index in [9.17, 15) is 9.59 Å². The summed E-state index contributed by atoms with van der Waals surface area (Å²) in [5, 5.41) is 3.85. The smallest absolute Gasteiger partial charge is 0.350 e. The third kappa shape index (κ3) is 2.52. The lowest BCUT2D eigenvalue weighted by Crippen LogP contribution is -2.55. The summed E-state index contributed by atoms with van der Waals surface area (Å²) in [6, 6.07) is 16.9. The van der Waals surface area contributed by atoms with Gasteiger partial charge in [-0.15, -0.1) is 0 Å². The molecule has 2 aromatic rings. The molecule has 1 saturated carbocycles. The fraction of sp³-hybridized carbons (Fsp3) is 0.318. The summed E-state index contributed by atoms with van der Waals surface area (Å²) in [6.07, 6.45) is 0.197. The lowest BCUT2D eigenvalue weighted by Gasteiger charge is -2.46. The van der Waals surface area contributed by atoms with E-state index in [1.807, 2.05) is 61.5 Å². The van der Waals surface area contributed by atoms with Crippen LogP contribution in [0.2, 0.25) is 0 Å². The number of carbonyl (C=O) groups excluding carboxylic acids is 2. The number of nitrogens with two attached hydrogens (primary N) is 1. The van der Waals surface area contributed by atoms with Gasteiger partial charge in [-0.3, -0.25) is 4.79 Å². The normalized spacial score (nSPS) is 29.5. The first-order valence-electron chi connectivity index (χ1n) is 9.27. The second-order valence-corrected chi connectivity index (χ2v) is 7.40. The number of hydrogen-bond donors (Lipinski definition) is 1. The van der Waals surface area contributed by atoms with Gasteiger partial charge in [0.2, 0.25) is 0 Å². The van der Waals surface area contributed by atoms with E-state index >= 15 is 0 Å². The van der Waals surface area contributed by atoms with Crippen molar-refractivity contribution in [3.8, 4) is 5.75 Å². The molecule has 1 spiro atoms. The quantitative estimate of drug-likeness (QED) is 0.829. The average molecular weight is 378 g/mol. The van der Waals surface area contributed by atoms with Gasteiger partial charge in [-0.05, 0) is 23.3 Å². The van der Waals surface area contributed by atoms with Crippen LogP contribution in [0.25, 0.3) is 0 Å². The molecule has 0 saturated heterocycles. The number of rotatable bonds is 3. The first-order chi connectivity index (χ1) is 13.5. The van der Waals surface area contributed by atoms with Gasteiger partial charge in [0.1, 0.15) is 16.9 Å². The van der Waals surface area contributed by atoms with Gasteiger partial charge in [0, 0.05) is 24.2 Å². The molecular weight excluding hydrogens is 356 g/mol. The van der Waals surface area contributed by atoms with Gasteiger partial charge < -0.3 is 15.3 Å². The third-order valence-electron chi connectivity index (χ3n) is 6.12. The Labute approximate surface area is 163 Å². The Balaban J connectivity index is 1.93. The maximum atomic E-state index is 13.2. The standard InChI is InChI=1S/C22H22N2O4/c1-13-18(25)12-17(14-8-10-16(27-2)11-9-14)22(20(23)24-28-21(22)26)19(13)15-6-4-3-5-7-15/h3-11,13,17,19H,12H2,1-2H3,(H2,23,24)/t13-,17+,19-,22?/m0/s1. The van der Waals surface area contributed by atoms with Crippen molar-refractivity contribution in [3.05, 3.63) is 65.7 Å². The number of nitrogens with zero attached hydrogens (tertiary/aromatic N) is 1. The molecule has 4 atom stereocenters. The van der Waals surface area contributed by atoms with Gasteiger partial charge >= 0.3 is 5.97 Å². The maximum Gasteiger partial charge on any atom is 0.350 e. The summed E-state index contributed by atoms with van der Waals surface area (Å²) in [5.41, 5.74) is 6.81. The highest BCUT2D eigenvalue weighted by molar-refractivity contribution is 6.11. The molecule has 4 rings (SSSR count). The minimum atomic E-state index is -1.22. The van der Waals surface area contributed by atoms with Crippen LogP contribution in [-0.4, -0.2) is 24.7 Å². The zero-order chi connectivity index (χ0) is 19.9. The molecule has 0 radical (unpaired) electrons. The Morgan fingerprint density at radius 3 is 2.32 bits per heavy atom. The lowest BCUT2D eigenvalue weighted by atomic mass is 9.52. The third-order valence-corrected chi connectivity index (χ3v) is 6.12. The van der Waals surface area contributed by atoms with Crippen LogP contribution in [0.4, 0.5) is 0 Å². The topological polar surface area (TPSA) is 91.0 Å². The van der Waals surface area contributed by atoms with E-state index in [1.54, 1.807) is 7.11 Å². The number of ether oxygens (including phenoxy) is 1. The molecule has 28 heavy (non-hydrogen) atoms. The molecule has 2 aromatic carbocycles. The van der Waals surface area contributed by atoms with Crippen LogP contribution in [0.5, 0.6) is 5.75 Å². The van der Waals surface area contributed by atoms with Gasteiger partial charge in [-0.1, -0.05) is 54.5 Å². The summed E-state index contributed by atoms with van der Waals surface area (Å²) < 4.78 is 5.24. The van der Waals surface area contributed by atoms with Crippen LogP contribution in [0.15, 0.2) is 59.8 Å². The van der Waals surface area contributed by atoms with Gasteiger partial charge in [-0.25, -0.2) is 4.79 Å². The summed E-state index contributed by atoms with van der Waals surface area (Å²) in [6.45, 7) is 1.85. The number of benzene rings is 2. The van der Waals surface area contributed by atoms with Crippen molar-refractivity contribution in [2.75, 3.05) is 7.11 Å². The van der Waals surface area contributed by atoms with Crippen molar-refractivity contribution in [3.63, 3.8) is 0 Å². The monoisotopic (exact) mass is 378 g/mol. The van der Waals surface area contributed by atoms with Crippen molar-refractivity contribution < 1.29 is 19.2 Å². The van der Waals surface area contributed by atoms with Gasteiger partial charge in [0.05, 0.1) is 7.11 Å². The van der Waals surface area contributed by atoms with Gasteiger partial charge in [-0.2, -0.15) is 0 Å². The molecule has 1 fully saturated rings. The molecule has 1 aliphatic heterocycles. The molecule has 1 aliphatic carbocycles. The number of ketones is 1. The first-order valence-corrected chi connectivity index (χ1v) is 9.27. The molecule has 2 N–H and O–H groups in total. The summed E-state index contributed by atoms with van der Waals surface area (Å²) >= 11 is 0. The zero-order valence-electron chi connectivity index (χ0n) is 15.8. The van der Waals surface area contributed by atoms with Crippen LogP contribution < -0.4 is 10.5 Å². The van der Waals surface area contributed by atoms with Gasteiger partial charge in [0.15, 0.2) is 5.84 Å². The molecular formula is C22H22N2O4. The van der Waals surface area contributed by atoms with Crippen molar-refractivity contribution in [2.45, 2.75) is 25.2 Å². The lowest BCUT2D eigenvalue weighted by molar-refractivity contribution is -0.153. The van der Waals surface area contributed by atoms with Crippen LogP contribution >= 0.6 is 0 Å². The summed E-state index contributed by atoms with van der Waals surface area (Å²) in [5.74, 6) is -0.898.